The van der Waals surface area contributed by atoms with Gasteiger partial charge in [-0.25, -0.2) is 4.79 Å². The summed E-state index contributed by atoms with van der Waals surface area (Å²) < 4.78 is 0. The summed E-state index contributed by atoms with van der Waals surface area (Å²) in [5.41, 5.74) is 1.90. The van der Waals surface area contributed by atoms with Crippen LogP contribution in [0.3, 0.4) is 0 Å². The Balaban J connectivity index is 1.93. The molecule has 1 aromatic carbocycles. The molecule has 0 atom stereocenters. The zero-order valence-corrected chi connectivity index (χ0v) is 12.0. The topological polar surface area (TPSA) is 40.5 Å². The maximum atomic E-state index is 10.7. The predicted molar refractivity (Wildman–Crippen MR) is 81.2 cm³/mol. The molecule has 0 radical (unpaired) electrons. The van der Waals surface area contributed by atoms with Gasteiger partial charge in [-0.3, -0.25) is 0 Å². The summed E-state index contributed by atoms with van der Waals surface area (Å²) in [6.45, 7) is 1.04. The maximum Gasteiger partial charge on any atom is 0.328 e. The molecule has 0 unspecified atom stereocenters. The Labute approximate surface area is 123 Å². The molecule has 1 N–H and O–H groups in total. The molecule has 3 rings (SSSR count). The molecule has 20 heavy (non-hydrogen) atoms. The molecule has 0 aromatic heterocycles. The minimum Gasteiger partial charge on any atom is -0.478 e. The van der Waals surface area contributed by atoms with Crippen LogP contribution in [-0.2, 0) is 4.79 Å². The molecule has 0 heterocycles. The lowest BCUT2D eigenvalue weighted by molar-refractivity contribution is -0.131. The summed E-state index contributed by atoms with van der Waals surface area (Å²) in [5, 5.41) is 9.53. The molecular weight excluding hydrogens is 274 g/mol. The Morgan fingerprint density at radius 3 is 2.70 bits per heavy atom. The molecule has 2 aliphatic carbocycles. The van der Waals surface area contributed by atoms with Crippen LogP contribution in [0.15, 0.2) is 24.3 Å². The van der Waals surface area contributed by atoms with Crippen molar-refractivity contribution in [2.24, 2.45) is 5.92 Å². The van der Waals surface area contributed by atoms with E-state index in [1.54, 1.807) is 6.08 Å². The van der Waals surface area contributed by atoms with Gasteiger partial charge in [0.05, 0.1) is 10.7 Å². The van der Waals surface area contributed by atoms with E-state index in [1.807, 2.05) is 18.2 Å². The number of rotatable bonds is 6. The predicted octanol–water partition coefficient (Wildman–Crippen LogP) is 3.82. The number of carboxylic acid groups (broad SMARTS) is 1. The third-order valence-corrected chi connectivity index (χ3v) is 4.16. The lowest BCUT2D eigenvalue weighted by Gasteiger charge is -2.27. The molecular formula is C16H18ClNO2. The normalized spacial score (nSPS) is 18.4. The van der Waals surface area contributed by atoms with Crippen LogP contribution in [0.2, 0.25) is 5.02 Å². The van der Waals surface area contributed by atoms with Crippen LogP contribution < -0.4 is 4.90 Å². The zero-order valence-electron chi connectivity index (χ0n) is 11.3. The van der Waals surface area contributed by atoms with Crippen molar-refractivity contribution in [3.8, 4) is 0 Å². The van der Waals surface area contributed by atoms with Crippen molar-refractivity contribution in [2.75, 3.05) is 11.4 Å². The number of nitrogens with zero attached hydrogens (tertiary/aromatic N) is 1. The first kappa shape index (κ1) is 13.5. The molecule has 2 saturated carbocycles. The van der Waals surface area contributed by atoms with Gasteiger partial charge in [-0.2, -0.15) is 0 Å². The van der Waals surface area contributed by atoms with E-state index in [0.29, 0.717) is 11.1 Å². The minimum absolute atomic E-state index is 0.576. The molecule has 2 fully saturated rings. The number of hydrogen-bond acceptors (Lipinski definition) is 2. The number of carboxylic acids is 1. The molecule has 0 saturated heterocycles. The lowest BCUT2D eigenvalue weighted by Crippen LogP contribution is -2.29. The van der Waals surface area contributed by atoms with Gasteiger partial charge in [-0.05, 0) is 49.3 Å². The monoisotopic (exact) mass is 291 g/mol. The fourth-order valence-electron chi connectivity index (χ4n) is 2.52. The SMILES string of the molecule is O=C(O)/C=C/c1cccc(Cl)c1N(CC1CC1)C1CC1. The van der Waals surface area contributed by atoms with Gasteiger partial charge >= 0.3 is 5.97 Å². The van der Waals surface area contributed by atoms with E-state index < -0.39 is 5.97 Å². The molecule has 0 amide bonds. The molecule has 4 heteroatoms. The van der Waals surface area contributed by atoms with Crippen molar-refractivity contribution in [1.29, 1.82) is 0 Å². The average Bonchev–Trinajstić information content (AvgIpc) is 3.26. The summed E-state index contributed by atoms with van der Waals surface area (Å²) in [5.74, 6) is -0.153. The fraction of sp³-hybridized carbons (Fsp3) is 0.438. The summed E-state index contributed by atoms with van der Waals surface area (Å²) >= 11 is 6.39. The van der Waals surface area contributed by atoms with Crippen LogP contribution in [0.1, 0.15) is 31.2 Å². The van der Waals surface area contributed by atoms with Gasteiger partial charge in [0, 0.05) is 18.7 Å². The van der Waals surface area contributed by atoms with Crippen molar-refractivity contribution >= 4 is 29.3 Å². The molecule has 1 aromatic rings. The first-order chi connectivity index (χ1) is 9.65. The number of para-hydroxylation sites is 1. The maximum absolute atomic E-state index is 10.7. The Morgan fingerprint density at radius 1 is 1.35 bits per heavy atom. The quantitative estimate of drug-likeness (QED) is 0.810. The molecule has 2 aliphatic rings. The van der Waals surface area contributed by atoms with E-state index in [0.717, 1.165) is 23.7 Å². The standard InChI is InChI=1S/C16H18ClNO2/c17-14-3-1-2-12(6-9-15(19)20)16(14)18(13-7-8-13)10-11-4-5-11/h1-3,6,9,11,13H,4-5,7-8,10H2,(H,19,20)/b9-6+. The highest BCUT2D eigenvalue weighted by molar-refractivity contribution is 6.33. The van der Waals surface area contributed by atoms with Crippen molar-refractivity contribution in [3.63, 3.8) is 0 Å². The molecule has 106 valence electrons. The zero-order chi connectivity index (χ0) is 14.1. The second-order valence-electron chi connectivity index (χ2n) is 5.68. The highest BCUT2D eigenvalue weighted by Crippen LogP contribution is 2.42. The Morgan fingerprint density at radius 2 is 2.10 bits per heavy atom. The Bertz CT molecular complexity index is 547. The first-order valence-corrected chi connectivity index (χ1v) is 7.49. The summed E-state index contributed by atoms with van der Waals surface area (Å²) in [7, 11) is 0. The van der Waals surface area contributed by atoms with Gasteiger partial charge in [0.25, 0.3) is 0 Å². The minimum atomic E-state index is -0.934. The summed E-state index contributed by atoms with van der Waals surface area (Å²) in [4.78, 5) is 13.1. The average molecular weight is 292 g/mol. The van der Waals surface area contributed by atoms with Gasteiger partial charge in [0.15, 0.2) is 0 Å². The second kappa shape index (κ2) is 5.49. The number of anilines is 1. The van der Waals surface area contributed by atoms with Crippen molar-refractivity contribution < 1.29 is 9.90 Å². The molecule has 3 nitrogen and oxygen atoms in total. The highest BCUT2D eigenvalue weighted by Gasteiger charge is 2.35. The second-order valence-corrected chi connectivity index (χ2v) is 6.08. The molecule has 0 bridgehead atoms. The molecule has 0 spiro atoms. The van der Waals surface area contributed by atoms with Gasteiger partial charge in [-0.1, -0.05) is 23.7 Å². The van der Waals surface area contributed by atoms with E-state index >= 15 is 0 Å². The van der Waals surface area contributed by atoms with E-state index in [9.17, 15) is 4.79 Å². The van der Waals surface area contributed by atoms with E-state index in [1.165, 1.54) is 31.8 Å². The van der Waals surface area contributed by atoms with E-state index in [4.69, 9.17) is 16.7 Å². The van der Waals surface area contributed by atoms with Crippen LogP contribution in [0.25, 0.3) is 6.08 Å². The lowest BCUT2D eigenvalue weighted by atomic mass is 10.1. The first-order valence-electron chi connectivity index (χ1n) is 7.11. The van der Waals surface area contributed by atoms with Gasteiger partial charge < -0.3 is 10.0 Å². The fourth-order valence-corrected chi connectivity index (χ4v) is 2.81. The van der Waals surface area contributed by atoms with Gasteiger partial charge in [0.1, 0.15) is 0 Å². The highest BCUT2D eigenvalue weighted by atomic mass is 35.5. The third-order valence-electron chi connectivity index (χ3n) is 3.85. The number of aliphatic carboxylic acids is 1. The number of carbonyl (C=O) groups is 1. The van der Waals surface area contributed by atoms with Crippen LogP contribution in [-0.4, -0.2) is 23.7 Å². The van der Waals surface area contributed by atoms with Crippen molar-refractivity contribution in [2.45, 2.75) is 31.7 Å². The van der Waals surface area contributed by atoms with E-state index in [-0.39, 0.29) is 0 Å². The smallest absolute Gasteiger partial charge is 0.328 e. The van der Waals surface area contributed by atoms with Crippen LogP contribution in [0, 0.1) is 5.92 Å². The number of halogens is 1. The summed E-state index contributed by atoms with van der Waals surface area (Å²) in [6.07, 6.45) is 7.84. The Kier molecular flexibility index (Phi) is 3.70. The van der Waals surface area contributed by atoms with Crippen molar-refractivity contribution in [1.82, 2.24) is 0 Å². The van der Waals surface area contributed by atoms with Crippen LogP contribution >= 0.6 is 11.6 Å². The van der Waals surface area contributed by atoms with Crippen LogP contribution in [0.5, 0.6) is 0 Å². The summed E-state index contributed by atoms with van der Waals surface area (Å²) in [6, 6.07) is 6.27. The van der Waals surface area contributed by atoms with Crippen LogP contribution in [0.4, 0.5) is 5.69 Å². The van der Waals surface area contributed by atoms with Crippen molar-refractivity contribution in [3.05, 3.63) is 34.9 Å². The third kappa shape index (κ3) is 3.15. The van der Waals surface area contributed by atoms with E-state index in [2.05, 4.69) is 4.90 Å². The largest absolute Gasteiger partial charge is 0.478 e. The number of hydrogen-bond donors (Lipinski definition) is 1. The number of benzene rings is 1. The van der Waals surface area contributed by atoms with Gasteiger partial charge in [-0.15, -0.1) is 0 Å². The van der Waals surface area contributed by atoms with Gasteiger partial charge in [0.2, 0.25) is 0 Å². The Hall–Kier alpha value is -1.48. The molecule has 0 aliphatic heterocycles.